The van der Waals surface area contributed by atoms with Gasteiger partial charge < -0.3 is 10.2 Å². The van der Waals surface area contributed by atoms with E-state index in [0.717, 1.165) is 37.2 Å². The molecule has 1 aliphatic rings. The van der Waals surface area contributed by atoms with Gasteiger partial charge in [-0.1, -0.05) is 23.7 Å². The molecule has 3 rings (SSSR count). The standard InChI is InChI=1S/C19H23ClN4O2/c1-23-19(26)10-17(12-22-23)24-7-3-5-15(13-24)9-18(25)21-11-14-4-2-6-16(20)8-14/h2,4,6,8,10,12,15H,3,5,7,9,11,13H2,1H3,(H,21,25). The average Bonchev–Trinajstić information content (AvgIpc) is 2.63. The summed E-state index contributed by atoms with van der Waals surface area (Å²) in [5.41, 5.74) is 1.70. The normalized spacial score (nSPS) is 17.2. The van der Waals surface area contributed by atoms with E-state index >= 15 is 0 Å². The number of halogens is 1. The Morgan fingerprint density at radius 3 is 3.00 bits per heavy atom. The first-order chi connectivity index (χ1) is 12.5. The second kappa shape index (κ2) is 8.36. The number of nitrogens with zero attached hydrogens (tertiary/aromatic N) is 3. The van der Waals surface area contributed by atoms with E-state index in [0.29, 0.717) is 18.0 Å². The minimum atomic E-state index is -0.121. The summed E-state index contributed by atoms with van der Waals surface area (Å²) in [4.78, 5) is 26.2. The van der Waals surface area contributed by atoms with Gasteiger partial charge in [-0.25, -0.2) is 4.68 Å². The van der Waals surface area contributed by atoms with Gasteiger partial charge in [0.1, 0.15) is 0 Å². The molecule has 2 aromatic rings. The summed E-state index contributed by atoms with van der Waals surface area (Å²) >= 11 is 5.96. The third-order valence-electron chi connectivity index (χ3n) is 4.69. The maximum Gasteiger partial charge on any atom is 0.268 e. The van der Waals surface area contributed by atoms with Gasteiger partial charge in [0.25, 0.3) is 5.56 Å². The number of anilines is 1. The van der Waals surface area contributed by atoms with E-state index < -0.39 is 0 Å². The summed E-state index contributed by atoms with van der Waals surface area (Å²) in [6.07, 6.45) is 4.21. The van der Waals surface area contributed by atoms with Gasteiger partial charge in [-0.2, -0.15) is 5.10 Å². The van der Waals surface area contributed by atoms with Gasteiger partial charge in [0.05, 0.1) is 11.9 Å². The first-order valence-corrected chi connectivity index (χ1v) is 9.18. The van der Waals surface area contributed by atoms with Gasteiger partial charge in [-0.15, -0.1) is 0 Å². The Hall–Kier alpha value is -2.34. The molecule has 0 aliphatic carbocycles. The van der Waals surface area contributed by atoms with Crippen molar-refractivity contribution in [3.05, 3.63) is 57.5 Å². The Kier molecular flexibility index (Phi) is 5.93. The van der Waals surface area contributed by atoms with E-state index in [1.165, 1.54) is 4.68 Å². The van der Waals surface area contributed by atoms with Crippen LogP contribution in [0.15, 0.2) is 41.3 Å². The Morgan fingerprint density at radius 2 is 2.23 bits per heavy atom. The smallest absolute Gasteiger partial charge is 0.268 e. The number of carbonyl (C=O) groups is 1. The highest BCUT2D eigenvalue weighted by atomic mass is 35.5. The summed E-state index contributed by atoms with van der Waals surface area (Å²) in [5, 5.41) is 7.71. The Balaban J connectivity index is 1.53. The minimum Gasteiger partial charge on any atom is -0.370 e. The number of amides is 1. The van der Waals surface area contributed by atoms with Crippen LogP contribution in [0.1, 0.15) is 24.8 Å². The molecule has 26 heavy (non-hydrogen) atoms. The summed E-state index contributed by atoms with van der Waals surface area (Å²) in [6.45, 7) is 2.13. The van der Waals surface area contributed by atoms with Crippen LogP contribution >= 0.6 is 11.6 Å². The molecule has 1 saturated heterocycles. The second-order valence-corrected chi connectivity index (χ2v) is 7.18. The Bertz CT molecular complexity index is 836. The minimum absolute atomic E-state index is 0.0407. The molecule has 7 heteroatoms. The highest BCUT2D eigenvalue weighted by molar-refractivity contribution is 6.30. The molecule has 138 valence electrons. The van der Waals surface area contributed by atoms with Crippen LogP contribution in [0.5, 0.6) is 0 Å². The quantitative estimate of drug-likeness (QED) is 0.872. The lowest BCUT2D eigenvalue weighted by atomic mass is 9.94. The molecule has 0 saturated carbocycles. The van der Waals surface area contributed by atoms with Gasteiger partial charge in [0, 0.05) is 44.2 Å². The summed E-state index contributed by atoms with van der Waals surface area (Å²) < 4.78 is 1.31. The molecule has 2 heterocycles. The van der Waals surface area contributed by atoms with E-state index in [-0.39, 0.29) is 17.4 Å². The van der Waals surface area contributed by atoms with Crippen molar-refractivity contribution in [2.75, 3.05) is 18.0 Å². The topological polar surface area (TPSA) is 67.2 Å². The Morgan fingerprint density at radius 1 is 1.38 bits per heavy atom. The number of carbonyl (C=O) groups excluding carboxylic acids is 1. The predicted molar refractivity (Wildman–Crippen MR) is 102 cm³/mol. The molecular weight excluding hydrogens is 352 g/mol. The third-order valence-corrected chi connectivity index (χ3v) is 4.93. The molecule has 0 radical (unpaired) electrons. The van der Waals surface area contributed by atoms with Crippen LogP contribution in [0, 0.1) is 5.92 Å². The van der Waals surface area contributed by atoms with E-state index in [1.54, 1.807) is 19.3 Å². The fourth-order valence-electron chi connectivity index (χ4n) is 3.28. The van der Waals surface area contributed by atoms with Crippen LogP contribution in [0.2, 0.25) is 5.02 Å². The molecular formula is C19H23ClN4O2. The summed E-state index contributed by atoms with van der Waals surface area (Å²) in [5.74, 6) is 0.311. The number of benzene rings is 1. The zero-order chi connectivity index (χ0) is 18.5. The molecule has 1 atom stereocenters. The van der Waals surface area contributed by atoms with Crippen LogP contribution < -0.4 is 15.8 Å². The van der Waals surface area contributed by atoms with Crippen molar-refractivity contribution in [2.45, 2.75) is 25.8 Å². The van der Waals surface area contributed by atoms with Gasteiger partial charge in [0.15, 0.2) is 0 Å². The Labute approximate surface area is 157 Å². The highest BCUT2D eigenvalue weighted by Crippen LogP contribution is 2.23. The number of aromatic nitrogens is 2. The molecule has 0 spiro atoms. The number of rotatable bonds is 5. The maximum atomic E-state index is 12.3. The van der Waals surface area contributed by atoms with Gasteiger partial charge in [0.2, 0.25) is 5.91 Å². The van der Waals surface area contributed by atoms with Crippen LogP contribution in [-0.2, 0) is 18.4 Å². The molecule has 1 fully saturated rings. The largest absolute Gasteiger partial charge is 0.370 e. The van der Waals surface area contributed by atoms with Crippen molar-refractivity contribution in [1.29, 1.82) is 0 Å². The van der Waals surface area contributed by atoms with E-state index in [1.807, 2.05) is 24.3 Å². The molecule has 1 N–H and O–H groups in total. The van der Waals surface area contributed by atoms with Gasteiger partial charge in [-0.3, -0.25) is 9.59 Å². The predicted octanol–water partition coefficient (Wildman–Crippen LogP) is 2.36. The van der Waals surface area contributed by atoms with E-state index in [2.05, 4.69) is 15.3 Å². The summed E-state index contributed by atoms with van der Waals surface area (Å²) in [6, 6.07) is 9.09. The number of aryl methyl sites for hydroxylation is 1. The molecule has 6 nitrogen and oxygen atoms in total. The zero-order valence-electron chi connectivity index (χ0n) is 14.8. The SMILES string of the molecule is Cn1ncc(N2CCCC(CC(=O)NCc3cccc(Cl)c3)C2)cc1=O. The molecule has 1 aliphatic heterocycles. The number of hydrogen-bond donors (Lipinski definition) is 1. The van der Waals surface area contributed by atoms with Crippen LogP contribution in [0.3, 0.4) is 0 Å². The van der Waals surface area contributed by atoms with E-state index in [4.69, 9.17) is 11.6 Å². The van der Waals surface area contributed by atoms with Crippen molar-refractivity contribution in [3.63, 3.8) is 0 Å². The van der Waals surface area contributed by atoms with Crippen LogP contribution in [0.25, 0.3) is 0 Å². The van der Waals surface area contributed by atoms with E-state index in [9.17, 15) is 9.59 Å². The summed E-state index contributed by atoms with van der Waals surface area (Å²) in [7, 11) is 1.63. The van der Waals surface area contributed by atoms with Crippen molar-refractivity contribution < 1.29 is 4.79 Å². The average molecular weight is 375 g/mol. The van der Waals surface area contributed by atoms with Crippen molar-refractivity contribution >= 4 is 23.2 Å². The van der Waals surface area contributed by atoms with Crippen molar-refractivity contribution in [2.24, 2.45) is 13.0 Å². The maximum absolute atomic E-state index is 12.3. The first-order valence-electron chi connectivity index (χ1n) is 8.81. The molecule has 1 aromatic carbocycles. The van der Waals surface area contributed by atoms with Gasteiger partial charge in [-0.05, 0) is 36.5 Å². The molecule has 1 aromatic heterocycles. The number of nitrogens with one attached hydrogen (secondary N) is 1. The number of hydrogen-bond acceptors (Lipinski definition) is 4. The molecule has 0 bridgehead atoms. The zero-order valence-corrected chi connectivity index (χ0v) is 15.6. The van der Waals surface area contributed by atoms with Crippen molar-refractivity contribution in [3.8, 4) is 0 Å². The monoisotopic (exact) mass is 374 g/mol. The number of piperidine rings is 1. The fourth-order valence-corrected chi connectivity index (χ4v) is 3.49. The van der Waals surface area contributed by atoms with Crippen molar-refractivity contribution in [1.82, 2.24) is 15.1 Å². The lowest BCUT2D eigenvalue weighted by Gasteiger charge is -2.33. The highest BCUT2D eigenvalue weighted by Gasteiger charge is 2.23. The molecule has 1 amide bonds. The first kappa shape index (κ1) is 18.5. The second-order valence-electron chi connectivity index (χ2n) is 6.74. The van der Waals surface area contributed by atoms with Gasteiger partial charge >= 0.3 is 0 Å². The lowest BCUT2D eigenvalue weighted by Crippen LogP contribution is -2.38. The van der Waals surface area contributed by atoms with Crippen LogP contribution in [-0.4, -0.2) is 28.8 Å². The third kappa shape index (κ3) is 4.85. The fraction of sp³-hybridized carbons (Fsp3) is 0.421. The lowest BCUT2D eigenvalue weighted by molar-refractivity contribution is -0.122. The molecule has 1 unspecified atom stereocenters. The van der Waals surface area contributed by atoms with Crippen LogP contribution in [0.4, 0.5) is 5.69 Å².